The maximum absolute atomic E-state index is 9.70. The van der Waals surface area contributed by atoms with Gasteiger partial charge in [-0.05, 0) is 52.7 Å². The van der Waals surface area contributed by atoms with E-state index in [0.29, 0.717) is 0 Å². The molecule has 7 heteroatoms. The quantitative estimate of drug-likeness (QED) is 0.482. The number of nitriles is 1. The number of nitrogens with one attached hydrogen (secondary N) is 1. The number of nitrogens with zero attached hydrogens (tertiary/aromatic N) is 4. The Labute approximate surface area is 173 Å². The first-order valence-corrected chi connectivity index (χ1v) is 9.18. The van der Waals surface area contributed by atoms with E-state index in [0.717, 1.165) is 27.8 Å². The Morgan fingerprint density at radius 3 is 2.53 bits per heavy atom. The Bertz CT molecular complexity index is 1280. The number of fused-ring (bicyclic) bond motifs is 1. The Balaban J connectivity index is 1.69. The van der Waals surface area contributed by atoms with Gasteiger partial charge in [-0.1, -0.05) is 36.4 Å². The second-order valence-electron chi connectivity index (χ2n) is 6.47. The van der Waals surface area contributed by atoms with Crippen LogP contribution < -0.4 is 15.8 Å². The summed E-state index contributed by atoms with van der Waals surface area (Å²) in [4.78, 5) is 12.6. The zero-order chi connectivity index (χ0) is 20.9. The molecular formula is C23H18N6O. The summed E-state index contributed by atoms with van der Waals surface area (Å²) in [7, 11) is 1.64. The van der Waals surface area contributed by atoms with E-state index in [1.54, 1.807) is 13.2 Å². The average molecular weight is 394 g/mol. The molecule has 0 aliphatic rings. The number of para-hydroxylation sites is 1. The van der Waals surface area contributed by atoms with Gasteiger partial charge in [-0.15, -0.1) is 0 Å². The summed E-state index contributed by atoms with van der Waals surface area (Å²) in [5.74, 6) is 1.31. The Morgan fingerprint density at radius 2 is 1.77 bits per heavy atom. The fraction of sp³-hybridized carbons (Fsp3) is 0.0435. The van der Waals surface area contributed by atoms with Crippen LogP contribution in [0.25, 0.3) is 22.4 Å². The van der Waals surface area contributed by atoms with Gasteiger partial charge in [0.25, 0.3) is 0 Å². The van der Waals surface area contributed by atoms with Crippen molar-refractivity contribution in [3.05, 3.63) is 78.1 Å². The predicted octanol–water partition coefficient (Wildman–Crippen LogP) is 4.42. The van der Waals surface area contributed by atoms with E-state index in [1.807, 2.05) is 66.7 Å². The summed E-state index contributed by atoms with van der Waals surface area (Å²) in [5, 5.41) is 14.8. The van der Waals surface area contributed by atoms with Crippen molar-refractivity contribution in [1.29, 1.82) is 5.26 Å². The van der Waals surface area contributed by atoms with Crippen molar-refractivity contribution < 1.29 is 4.74 Å². The van der Waals surface area contributed by atoms with Crippen molar-refractivity contribution in [3.63, 3.8) is 0 Å². The minimum atomic E-state index is 0.0326. The molecule has 0 spiro atoms. The fourth-order valence-electron chi connectivity index (χ4n) is 2.99. The summed E-state index contributed by atoms with van der Waals surface area (Å²) < 4.78 is 5.26. The minimum Gasteiger partial charge on any atom is -0.497 e. The van der Waals surface area contributed by atoms with Crippen LogP contribution >= 0.6 is 0 Å². The van der Waals surface area contributed by atoms with Crippen molar-refractivity contribution in [2.24, 2.45) is 0 Å². The third kappa shape index (κ3) is 4.18. The molecule has 4 aromatic rings. The van der Waals surface area contributed by atoms with Crippen LogP contribution in [0.1, 0.15) is 11.4 Å². The molecule has 4 rings (SSSR count). The SMILES string of the molecule is COc1ccc2cc(/C=C(\C#N)c3nc(N)nc(Nc4ccccc4)n3)ccc2c1. The van der Waals surface area contributed by atoms with Crippen LogP contribution in [0.4, 0.5) is 17.6 Å². The number of allylic oxidation sites excluding steroid dienone is 1. The third-order valence-corrected chi connectivity index (χ3v) is 4.43. The van der Waals surface area contributed by atoms with Gasteiger partial charge in [0.1, 0.15) is 11.8 Å². The molecule has 146 valence electrons. The lowest BCUT2D eigenvalue weighted by atomic mass is 10.0. The molecule has 0 aliphatic carbocycles. The molecule has 3 aromatic carbocycles. The number of aromatic nitrogens is 3. The van der Waals surface area contributed by atoms with Crippen molar-refractivity contribution in [3.8, 4) is 11.8 Å². The normalized spacial score (nSPS) is 11.1. The molecule has 0 saturated carbocycles. The third-order valence-electron chi connectivity index (χ3n) is 4.43. The summed E-state index contributed by atoms with van der Waals surface area (Å²) >= 11 is 0. The van der Waals surface area contributed by atoms with Gasteiger partial charge in [0, 0.05) is 5.69 Å². The first kappa shape index (κ1) is 18.9. The van der Waals surface area contributed by atoms with E-state index in [-0.39, 0.29) is 23.3 Å². The number of nitrogens with two attached hydrogens (primary N) is 1. The van der Waals surface area contributed by atoms with Gasteiger partial charge in [-0.25, -0.2) is 0 Å². The lowest BCUT2D eigenvalue weighted by Crippen LogP contribution is -2.06. The molecule has 0 fully saturated rings. The van der Waals surface area contributed by atoms with Crippen molar-refractivity contribution in [2.45, 2.75) is 0 Å². The summed E-state index contributed by atoms with van der Waals surface area (Å²) in [6, 6.07) is 23.3. The maximum Gasteiger partial charge on any atom is 0.232 e. The average Bonchev–Trinajstić information content (AvgIpc) is 2.77. The molecule has 7 nitrogen and oxygen atoms in total. The van der Waals surface area contributed by atoms with Crippen LogP contribution in [-0.2, 0) is 0 Å². The highest BCUT2D eigenvalue weighted by Gasteiger charge is 2.10. The summed E-state index contributed by atoms with van der Waals surface area (Å²) in [6.45, 7) is 0. The van der Waals surface area contributed by atoms with Gasteiger partial charge in [-0.3, -0.25) is 0 Å². The van der Waals surface area contributed by atoms with E-state index >= 15 is 0 Å². The Hall–Kier alpha value is -4.44. The molecule has 1 heterocycles. The summed E-state index contributed by atoms with van der Waals surface area (Å²) in [6.07, 6.45) is 1.73. The monoisotopic (exact) mass is 394 g/mol. The molecule has 1 aromatic heterocycles. The van der Waals surface area contributed by atoms with Crippen LogP contribution in [0.5, 0.6) is 5.75 Å². The fourth-order valence-corrected chi connectivity index (χ4v) is 2.99. The van der Waals surface area contributed by atoms with E-state index in [9.17, 15) is 5.26 Å². The first-order chi connectivity index (χ1) is 14.6. The molecule has 30 heavy (non-hydrogen) atoms. The zero-order valence-electron chi connectivity index (χ0n) is 16.2. The van der Waals surface area contributed by atoms with E-state index in [2.05, 4.69) is 26.3 Å². The van der Waals surface area contributed by atoms with Crippen LogP contribution in [-0.4, -0.2) is 22.1 Å². The number of methoxy groups -OCH3 is 1. The molecule has 0 bridgehead atoms. The highest BCUT2D eigenvalue weighted by atomic mass is 16.5. The molecule has 0 unspecified atom stereocenters. The van der Waals surface area contributed by atoms with Gasteiger partial charge < -0.3 is 15.8 Å². The number of anilines is 3. The second kappa shape index (κ2) is 8.29. The maximum atomic E-state index is 9.70. The second-order valence-corrected chi connectivity index (χ2v) is 6.47. The molecule has 0 amide bonds. The lowest BCUT2D eigenvalue weighted by Gasteiger charge is -2.07. The highest BCUT2D eigenvalue weighted by Crippen LogP contribution is 2.24. The molecule has 0 atom stereocenters. The topological polar surface area (TPSA) is 110 Å². The van der Waals surface area contributed by atoms with Crippen molar-refractivity contribution in [2.75, 3.05) is 18.2 Å². The van der Waals surface area contributed by atoms with Gasteiger partial charge >= 0.3 is 0 Å². The van der Waals surface area contributed by atoms with Crippen LogP contribution in [0.3, 0.4) is 0 Å². The number of nitrogen functional groups attached to an aromatic ring is 1. The van der Waals surface area contributed by atoms with Crippen molar-refractivity contribution in [1.82, 2.24) is 15.0 Å². The van der Waals surface area contributed by atoms with Crippen molar-refractivity contribution >= 4 is 40.0 Å². The minimum absolute atomic E-state index is 0.0326. The van der Waals surface area contributed by atoms with Crippen LogP contribution in [0.15, 0.2) is 66.7 Å². The predicted molar refractivity (Wildman–Crippen MR) is 118 cm³/mol. The Morgan fingerprint density at radius 1 is 1.00 bits per heavy atom. The Kier molecular flexibility index (Phi) is 5.22. The van der Waals surface area contributed by atoms with Gasteiger partial charge in [0.2, 0.25) is 11.9 Å². The number of rotatable bonds is 5. The standard InChI is InChI=1S/C23H18N6O/c1-30-20-10-9-16-11-15(7-8-17(16)13-20)12-18(14-24)21-27-22(25)29-23(28-21)26-19-5-3-2-4-6-19/h2-13H,1H3,(H3,25,26,27,28,29)/b18-12+. The smallest absolute Gasteiger partial charge is 0.232 e. The van der Waals surface area contributed by atoms with E-state index in [4.69, 9.17) is 10.5 Å². The highest BCUT2D eigenvalue weighted by molar-refractivity contribution is 5.91. The lowest BCUT2D eigenvalue weighted by molar-refractivity contribution is 0.415. The first-order valence-electron chi connectivity index (χ1n) is 9.18. The van der Waals surface area contributed by atoms with Gasteiger partial charge in [-0.2, -0.15) is 20.2 Å². The van der Waals surface area contributed by atoms with E-state index < -0.39 is 0 Å². The number of benzene rings is 3. The van der Waals surface area contributed by atoms with E-state index in [1.165, 1.54) is 0 Å². The molecule has 0 saturated heterocycles. The molecule has 0 aliphatic heterocycles. The number of ether oxygens (including phenoxy) is 1. The largest absolute Gasteiger partial charge is 0.497 e. The van der Waals surface area contributed by atoms with Crippen LogP contribution in [0.2, 0.25) is 0 Å². The summed E-state index contributed by atoms with van der Waals surface area (Å²) in [5.41, 5.74) is 7.79. The molecule has 0 radical (unpaired) electrons. The van der Waals surface area contributed by atoms with Crippen LogP contribution in [0, 0.1) is 11.3 Å². The van der Waals surface area contributed by atoms with Gasteiger partial charge in [0.15, 0.2) is 5.82 Å². The number of hydrogen-bond acceptors (Lipinski definition) is 7. The number of hydrogen-bond donors (Lipinski definition) is 2. The van der Waals surface area contributed by atoms with Gasteiger partial charge in [0.05, 0.1) is 12.7 Å². The molecule has 3 N–H and O–H groups in total. The zero-order valence-corrected chi connectivity index (χ0v) is 16.2. The molecular weight excluding hydrogens is 376 g/mol.